The van der Waals surface area contributed by atoms with E-state index >= 15 is 0 Å². The molecule has 7 heterocycles. The van der Waals surface area contributed by atoms with Crippen LogP contribution in [0.2, 0.25) is 5.02 Å². The van der Waals surface area contributed by atoms with E-state index in [1.165, 1.54) is 11.1 Å². The van der Waals surface area contributed by atoms with Crippen molar-refractivity contribution in [3.05, 3.63) is 97.5 Å². The quantitative estimate of drug-likeness (QED) is 0.224. The molecular formula is C50H53ClN6O6. The fraction of sp³-hybridized carbons (Fsp3) is 0.520. The van der Waals surface area contributed by atoms with Gasteiger partial charge in [0, 0.05) is 48.2 Å². The number of piperidine rings is 3. The second kappa shape index (κ2) is 13.7. The highest BCUT2D eigenvalue weighted by Gasteiger charge is 2.59. The maximum atomic E-state index is 14.5. The Morgan fingerprint density at radius 3 is 2.44 bits per heavy atom. The number of carbonyl (C=O) groups excluding carboxylic acids is 4. The van der Waals surface area contributed by atoms with E-state index < -0.39 is 17.4 Å². The molecule has 326 valence electrons. The first kappa shape index (κ1) is 39.5. The number of nitrogens with zero attached hydrogens (tertiary/aromatic N) is 5. The van der Waals surface area contributed by atoms with E-state index in [4.69, 9.17) is 16.3 Å². The van der Waals surface area contributed by atoms with Crippen molar-refractivity contribution in [3.63, 3.8) is 0 Å². The monoisotopic (exact) mass is 868 g/mol. The van der Waals surface area contributed by atoms with Crippen molar-refractivity contribution in [2.24, 2.45) is 10.8 Å². The summed E-state index contributed by atoms with van der Waals surface area (Å²) >= 11 is 6.49. The molecule has 0 unspecified atom stereocenters. The van der Waals surface area contributed by atoms with E-state index in [2.05, 4.69) is 62.8 Å². The summed E-state index contributed by atoms with van der Waals surface area (Å²) in [6.45, 7) is 9.76. The molecule has 63 heavy (non-hydrogen) atoms. The summed E-state index contributed by atoms with van der Waals surface area (Å²) in [5.74, 6) is 1.44. The summed E-state index contributed by atoms with van der Waals surface area (Å²) in [7, 11) is 0. The lowest BCUT2D eigenvalue weighted by atomic mass is 9.73. The molecule has 1 aromatic heterocycles. The second-order valence-electron chi connectivity index (χ2n) is 20.8. The van der Waals surface area contributed by atoms with Gasteiger partial charge in [-0.05, 0) is 138 Å². The molecule has 4 aromatic rings. The van der Waals surface area contributed by atoms with Gasteiger partial charge in [-0.3, -0.25) is 33.9 Å². The number of imide groups is 1. The van der Waals surface area contributed by atoms with Gasteiger partial charge < -0.3 is 19.4 Å². The smallest absolute Gasteiger partial charge is 0.282 e. The van der Waals surface area contributed by atoms with Gasteiger partial charge in [-0.25, -0.2) is 0 Å². The second-order valence-corrected chi connectivity index (χ2v) is 21.3. The van der Waals surface area contributed by atoms with Crippen molar-refractivity contribution in [1.82, 2.24) is 29.6 Å². The molecule has 0 radical (unpaired) electrons. The first-order valence-corrected chi connectivity index (χ1v) is 23.5. The molecule has 4 amide bonds. The first-order valence-electron chi connectivity index (χ1n) is 23.1. The molecule has 12 rings (SSSR count). The van der Waals surface area contributed by atoms with Crippen LogP contribution in [0.4, 0.5) is 0 Å². The third-order valence-corrected chi connectivity index (χ3v) is 17.5. The topological polar surface area (TPSA) is 134 Å². The number of benzene rings is 3. The molecule has 2 aliphatic carbocycles. The number of nitrogens with one attached hydrogen (secondary N) is 1. The van der Waals surface area contributed by atoms with Gasteiger partial charge in [0.1, 0.15) is 17.6 Å². The van der Waals surface area contributed by atoms with Crippen molar-refractivity contribution in [2.75, 3.05) is 39.3 Å². The fourth-order valence-electron chi connectivity index (χ4n) is 13.6. The summed E-state index contributed by atoms with van der Waals surface area (Å²) in [5.41, 5.74) is 6.06. The van der Waals surface area contributed by atoms with E-state index in [1.807, 2.05) is 18.2 Å². The predicted molar refractivity (Wildman–Crippen MR) is 236 cm³/mol. The molecule has 8 aliphatic rings. The summed E-state index contributed by atoms with van der Waals surface area (Å²) in [6, 6.07) is 15.7. The Morgan fingerprint density at radius 1 is 0.905 bits per heavy atom. The van der Waals surface area contributed by atoms with Crippen LogP contribution in [-0.4, -0.2) is 93.3 Å². The number of hydrogen-bond donors (Lipinski definition) is 1. The van der Waals surface area contributed by atoms with Crippen LogP contribution >= 0.6 is 11.6 Å². The zero-order valence-electron chi connectivity index (χ0n) is 36.1. The average Bonchev–Trinajstić information content (AvgIpc) is 4.07. The molecular weight excluding hydrogens is 816 g/mol. The summed E-state index contributed by atoms with van der Waals surface area (Å²) < 4.78 is 8.56. The zero-order chi connectivity index (χ0) is 43.2. The minimum atomic E-state index is -0.643. The van der Waals surface area contributed by atoms with Gasteiger partial charge >= 0.3 is 0 Å². The standard InChI is InChI=1S/C50H53ClN6O6/c1-47(2)34-24-30(6-9-36(34)57-37-5-3-4-35(51)40(37)43(60)53-45(47)57)29-12-20-55(21-13-29)46(62)49-16-14-48(26-49,15-17-49)27-54-22-18-50(19-23-54)28-63-41-32-25-56(38-10-11-39(58)52-42(38)59)44(61)31(32)7-8-33(41)50/h3-9,24,29,38H,10-23,25-28H2,1-2H3,(H,52,58,59)/t38-,48?,49?/m0/s1. The van der Waals surface area contributed by atoms with Crippen LogP contribution in [0.5, 0.6) is 5.75 Å². The maximum absolute atomic E-state index is 14.5. The lowest BCUT2D eigenvalue weighted by Gasteiger charge is -2.42. The first-order chi connectivity index (χ1) is 30.3. The minimum absolute atomic E-state index is 0.0939. The van der Waals surface area contributed by atoms with Gasteiger partial charge in [-0.2, -0.15) is 4.98 Å². The summed E-state index contributed by atoms with van der Waals surface area (Å²) in [4.78, 5) is 76.6. The Bertz CT molecular complexity index is 2750. The van der Waals surface area contributed by atoms with Crippen LogP contribution in [-0.2, 0) is 31.8 Å². The van der Waals surface area contributed by atoms with Gasteiger partial charge in [-0.1, -0.05) is 35.9 Å². The highest BCUT2D eigenvalue weighted by atomic mass is 35.5. The number of halogens is 1. The highest BCUT2D eigenvalue weighted by Crippen LogP contribution is 2.63. The van der Waals surface area contributed by atoms with Crippen molar-refractivity contribution in [3.8, 4) is 11.4 Å². The van der Waals surface area contributed by atoms with Gasteiger partial charge in [0.15, 0.2) is 0 Å². The molecule has 5 fully saturated rings. The Balaban J connectivity index is 0.679. The molecule has 2 bridgehead atoms. The molecule has 3 aromatic carbocycles. The Labute approximate surface area is 371 Å². The van der Waals surface area contributed by atoms with Crippen molar-refractivity contribution < 1.29 is 23.9 Å². The SMILES string of the molecule is CC1(C)c2cc(C3CCN(C(=O)C45CCC(CN6CCC7(CC6)COc6c7ccc7c6CN([C@H]6CCC(=O)NC6=O)C7=O)(CC4)C5)CC3)ccc2-n2c1nc(=O)c1c(Cl)cccc12. The number of amides is 4. The van der Waals surface area contributed by atoms with E-state index in [9.17, 15) is 24.0 Å². The van der Waals surface area contributed by atoms with Crippen molar-refractivity contribution >= 4 is 46.1 Å². The van der Waals surface area contributed by atoms with E-state index in [-0.39, 0.29) is 40.0 Å². The molecule has 3 saturated heterocycles. The third-order valence-electron chi connectivity index (χ3n) is 17.2. The maximum Gasteiger partial charge on any atom is 0.282 e. The molecule has 13 heteroatoms. The Kier molecular flexibility index (Phi) is 8.61. The van der Waals surface area contributed by atoms with Gasteiger partial charge in [0.2, 0.25) is 17.7 Å². The lowest BCUT2D eigenvalue weighted by Crippen LogP contribution is -2.52. The molecule has 6 aliphatic heterocycles. The molecule has 12 nitrogen and oxygen atoms in total. The number of rotatable bonds is 5. The van der Waals surface area contributed by atoms with Gasteiger partial charge in [0.05, 0.1) is 45.6 Å². The number of aromatic nitrogens is 2. The molecule has 1 N–H and O–H groups in total. The summed E-state index contributed by atoms with van der Waals surface area (Å²) in [6.07, 6.45) is 9.61. The van der Waals surface area contributed by atoms with E-state index in [0.29, 0.717) is 47.4 Å². The minimum Gasteiger partial charge on any atom is -0.492 e. The fourth-order valence-corrected chi connectivity index (χ4v) is 13.9. The van der Waals surface area contributed by atoms with Gasteiger partial charge in [-0.15, -0.1) is 0 Å². The predicted octanol–water partition coefficient (Wildman–Crippen LogP) is 6.52. The van der Waals surface area contributed by atoms with Crippen LogP contribution in [0.15, 0.2) is 53.3 Å². The normalized spacial score (nSPS) is 28.0. The van der Waals surface area contributed by atoms with Crippen molar-refractivity contribution in [1.29, 1.82) is 0 Å². The van der Waals surface area contributed by atoms with Crippen LogP contribution in [0, 0.1) is 10.8 Å². The average molecular weight is 869 g/mol. The van der Waals surface area contributed by atoms with Crippen molar-refractivity contribution in [2.45, 2.75) is 114 Å². The number of ether oxygens (including phenoxy) is 1. The lowest BCUT2D eigenvalue weighted by molar-refractivity contribution is -0.143. The highest BCUT2D eigenvalue weighted by molar-refractivity contribution is 6.35. The molecule has 2 saturated carbocycles. The number of likely N-dealkylation sites (tertiary alicyclic amines) is 2. The molecule has 1 atom stereocenters. The third kappa shape index (κ3) is 5.74. The molecule has 1 spiro atoms. The van der Waals surface area contributed by atoms with Gasteiger partial charge in [0.25, 0.3) is 11.5 Å². The van der Waals surface area contributed by atoms with Crippen LogP contribution in [0.25, 0.3) is 16.6 Å². The van der Waals surface area contributed by atoms with Crippen LogP contribution in [0.3, 0.4) is 0 Å². The summed E-state index contributed by atoms with van der Waals surface area (Å²) in [5, 5.41) is 3.27. The van der Waals surface area contributed by atoms with E-state index in [0.717, 1.165) is 124 Å². The Morgan fingerprint density at radius 2 is 1.68 bits per heavy atom. The number of fused-ring (bicyclic) bond motifs is 11. The Hall–Kier alpha value is -5.07. The van der Waals surface area contributed by atoms with Crippen LogP contribution < -0.4 is 15.6 Å². The van der Waals surface area contributed by atoms with Crippen LogP contribution in [0.1, 0.15) is 129 Å². The number of hydrogen-bond acceptors (Lipinski definition) is 8. The number of carbonyl (C=O) groups is 4. The van der Waals surface area contributed by atoms with E-state index in [1.54, 1.807) is 11.0 Å². The zero-order valence-corrected chi connectivity index (χ0v) is 36.8. The largest absolute Gasteiger partial charge is 0.492 e.